The van der Waals surface area contributed by atoms with Crippen LogP contribution < -0.4 is 0 Å². The second kappa shape index (κ2) is 11.3. The van der Waals surface area contributed by atoms with Crippen molar-refractivity contribution in [3.63, 3.8) is 0 Å². The van der Waals surface area contributed by atoms with Gasteiger partial charge in [-0.3, -0.25) is 0 Å². The minimum Gasteiger partial charge on any atom is -0.456 e. The number of hydrogen-bond donors (Lipinski definition) is 0. The highest BCUT2D eigenvalue weighted by molar-refractivity contribution is 6.26. The van der Waals surface area contributed by atoms with E-state index in [1.165, 1.54) is 49.4 Å². The van der Waals surface area contributed by atoms with Gasteiger partial charge in [0.05, 0.1) is 0 Å². The van der Waals surface area contributed by atoms with Crippen molar-refractivity contribution in [2.45, 2.75) is 0 Å². The van der Waals surface area contributed by atoms with E-state index in [0.717, 1.165) is 60.6 Å². The molecule has 0 N–H and O–H groups in total. The highest BCUT2D eigenvalue weighted by atomic mass is 16.3. The molecule has 0 saturated heterocycles. The van der Waals surface area contributed by atoms with Gasteiger partial charge in [-0.15, -0.1) is 0 Å². The van der Waals surface area contributed by atoms with Gasteiger partial charge in [0.25, 0.3) is 0 Å². The number of furan rings is 2. The Morgan fingerprint density at radius 3 is 1.56 bits per heavy atom. The standard InChI is InChI=1S/C50H30O2/c1-2-14-31(15-3-1)32-28-29-42-46(30-32)51-45-27-13-25-43(49(42)45)48-38-21-8-6-19-36(38)47(37-20-7-9-22-39(37)48)35-18-5-4-16-33(35)40-23-12-24-41-34-17-10-11-26-44(34)52-50(40)41/h1-30H. The molecule has 0 unspecified atom stereocenters. The maximum Gasteiger partial charge on any atom is 0.143 e. The molecule has 2 nitrogen and oxygen atoms in total. The normalized spacial score (nSPS) is 11.8. The SMILES string of the molecule is c1ccc(-c2ccc3c(c2)oc2cccc(-c4c5ccccc5c(-c5ccccc5-c5cccc6c5oc5ccccc56)c5ccccc45)c23)cc1. The summed E-state index contributed by atoms with van der Waals surface area (Å²) in [6.07, 6.45) is 0. The maximum absolute atomic E-state index is 6.61. The van der Waals surface area contributed by atoms with Crippen molar-refractivity contribution in [2.24, 2.45) is 0 Å². The summed E-state index contributed by atoms with van der Waals surface area (Å²) < 4.78 is 13.2. The van der Waals surface area contributed by atoms with Gasteiger partial charge >= 0.3 is 0 Å². The predicted molar refractivity (Wildman–Crippen MR) is 218 cm³/mol. The van der Waals surface area contributed by atoms with E-state index < -0.39 is 0 Å². The minimum absolute atomic E-state index is 0.888. The average molecular weight is 663 g/mol. The van der Waals surface area contributed by atoms with E-state index in [1.807, 2.05) is 6.07 Å². The Bertz CT molecular complexity index is 3120. The lowest BCUT2D eigenvalue weighted by molar-refractivity contribution is 0.669. The number of benzene rings is 9. The van der Waals surface area contributed by atoms with Crippen molar-refractivity contribution in [1.82, 2.24) is 0 Å². The highest BCUT2D eigenvalue weighted by Crippen LogP contribution is 2.49. The van der Waals surface area contributed by atoms with Crippen LogP contribution in [0, 0.1) is 0 Å². The number of hydrogen-bond acceptors (Lipinski definition) is 2. The molecule has 0 aliphatic rings. The third kappa shape index (κ3) is 4.25. The summed E-state index contributed by atoms with van der Waals surface area (Å²) in [7, 11) is 0. The molecule has 0 spiro atoms. The van der Waals surface area contributed by atoms with Crippen LogP contribution in [0.25, 0.3) is 110 Å². The molecule has 0 bridgehead atoms. The Morgan fingerprint density at radius 2 is 0.808 bits per heavy atom. The molecule has 0 aliphatic heterocycles. The smallest absolute Gasteiger partial charge is 0.143 e. The highest BCUT2D eigenvalue weighted by Gasteiger charge is 2.22. The molecule has 0 radical (unpaired) electrons. The van der Waals surface area contributed by atoms with Crippen LogP contribution in [0.1, 0.15) is 0 Å². The molecule has 52 heavy (non-hydrogen) atoms. The monoisotopic (exact) mass is 662 g/mol. The van der Waals surface area contributed by atoms with E-state index in [1.54, 1.807) is 0 Å². The van der Waals surface area contributed by atoms with Crippen LogP contribution in [0.3, 0.4) is 0 Å². The molecule has 11 rings (SSSR count). The molecule has 11 aromatic rings. The Morgan fingerprint density at radius 1 is 0.269 bits per heavy atom. The quantitative estimate of drug-likeness (QED) is 0.175. The fraction of sp³-hybridized carbons (Fsp3) is 0. The van der Waals surface area contributed by atoms with Crippen LogP contribution in [0.5, 0.6) is 0 Å². The Kier molecular flexibility index (Phi) is 6.28. The first-order chi connectivity index (χ1) is 25.8. The van der Waals surface area contributed by atoms with E-state index in [4.69, 9.17) is 8.83 Å². The van der Waals surface area contributed by atoms with Crippen molar-refractivity contribution >= 4 is 65.4 Å². The average Bonchev–Trinajstić information content (AvgIpc) is 3.79. The third-order valence-electron chi connectivity index (χ3n) is 10.7. The van der Waals surface area contributed by atoms with Crippen LogP contribution in [0.15, 0.2) is 191 Å². The van der Waals surface area contributed by atoms with Crippen LogP contribution >= 0.6 is 0 Å². The van der Waals surface area contributed by atoms with Gasteiger partial charge in [-0.05, 0) is 84.8 Å². The van der Waals surface area contributed by atoms with Crippen LogP contribution in [-0.4, -0.2) is 0 Å². The van der Waals surface area contributed by atoms with E-state index >= 15 is 0 Å². The lowest BCUT2D eigenvalue weighted by Gasteiger charge is -2.20. The van der Waals surface area contributed by atoms with Gasteiger partial charge in [-0.2, -0.15) is 0 Å². The van der Waals surface area contributed by atoms with Crippen LogP contribution in [-0.2, 0) is 0 Å². The van der Waals surface area contributed by atoms with E-state index in [0.29, 0.717) is 0 Å². The molecule has 2 aromatic heterocycles. The lowest BCUT2D eigenvalue weighted by atomic mass is 9.83. The molecule has 2 heteroatoms. The summed E-state index contributed by atoms with van der Waals surface area (Å²) in [6.45, 7) is 0. The molecule has 2 heterocycles. The minimum atomic E-state index is 0.888. The first kappa shape index (κ1) is 28.9. The van der Waals surface area contributed by atoms with Gasteiger partial charge in [0.2, 0.25) is 0 Å². The van der Waals surface area contributed by atoms with Crippen molar-refractivity contribution in [1.29, 1.82) is 0 Å². The number of para-hydroxylation sites is 2. The van der Waals surface area contributed by atoms with Crippen molar-refractivity contribution in [2.75, 3.05) is 0 Å². The predicted octanol–water partition coefficient (Wildman–Crippen LogP) is 14.5. The Balaban J connectivity index is 1.20. The van der Waals surface area contributed by atoms with Gasteiger partial charge in [-0.1, -0.05) is 158 Å². The largest absolute Gasteiger partial charge is 0.456 e. The first-order valence-electron chi connectivity index (χ1n) is 17.8. The second-order valence-electron chi connectivity index (χ2n) is 13.5. The third-order valence-corrected chi connectivity index (χ3v) is 10.7. The summed E-state index contributed by atoms with van der Waals surface area (Å²) in [5.74, 6) is 0. The van der Waals surface area contributed by atoms with E-state index in [9.17, 15) is 0 Å². The van der Waals surface area contributed by atoms with Gasteiger partial charge < -0.3 is 8.83 Å². The summed E-state index contributed by atoms with van der Waals surface area (Å²) in [5, 5.41) is 9.34. The lowest BCUT2D eigenvalue weighted by Crippen LogP contribution is -1.93. The molecule has 0 amide bonds. The first-order valence-corrected chi connectivity index (χ1v) is 17.8. The Labute approximate surface area is 299 Å². The zero-order chi connectivity index (χ0) is 34.2. The van der Waals surface area contributed by atoms with E-state index in [2.05, 4.69) is 176 Å². The van der Waals surface area contributed by atoms with Crippen LogP contribution in [0.4, 0.5) is 0 Å². The van der Waals surface area contributed by atoms with Gasteiger partial charge in [0.15, 0.2) is 0 Å². The van der Waals surface area contributed by atoms with E-state index in [-0.39, 0.29) is 0 Å². The second-order valence-corrected chi connectivity index (χ2v) is 13.5. The summed E-state index contributed by atoms with van der Waals surface area (Å²) >= 11 is 0. The van der Waals surface area contributed by atoms with Crippen molar-refractivity contribution in [3.05, 3.63) is 182 Å². The fourth-order valence-corrected chi connectivity index (χ4v) is 8.45. The van der Waals surface area contributed by atoms with Crippen molar-refractivity contribution in [3.8, 4) is 44.5 Å². The van der Waals surface area contributed by atoms with Crippen molar-refractivity contribution < 1.29 is 8.83 Å². The topological polar surface area (TPSA) is 26.3 Å². The number of fused-ring (bicyclic) bond motifs is 8. The molecular weight excluding hydrogens is 633 g/mol. The molecular formula is C50H30O2. The molecule has 0 fully saturated rings. The molecule has 0 atom stereocenters. The summed E-state index contributed by atoms with van der Waals surface area (Å²) in [5.41, 5.74) is 12.9. The van der Waals surface area contributed by atoms with Gasteiger partial charge in [-0.25, -0.2) is 0 Å². The fourth-order valence-electron chi connectivity index (χ4n) is 8.45. The summed E-state index contributed by atoms with van der Waals surface area (Å²) in [4.78, 5) is 0. The number of rotatable bonds is 4. The van der Waals surface area contributed by atoms with Gasteiger partial charge in [0, 0.05) is 27.1 Å². The molecule has 0 saturated carbocycles. The van der Waals surface area contributed by atoms with Crippen LogP contribution in [0.2, 0.25) is 0 Å². The maximum atomic E-state index is 6.61. The van der Waals surface area contributed by atoms with Gasteiger partial charge in [0.1, 0.15) is 22.3 Å². The molecule has 242 valence electrons. The molecule has 0 aliphatic carbocycles. The molecule has 9 aromatic carbocycles. The summed E-state index contributed by atoms with van der Waals surface area (Å²) in [6, 6.07) is 64.9. The zero-order valence-electron chi connectivity index (χ0n) is 28.1. The Hall–Kier alpha value is -6.90. The zero-order valence-corrected chi connectivity index (χ0v) is 28.1.